The molecule has 0 aliphatic carbocycles. The summed E-state index contributed by atoms with van der Waals surface area (Å²) < 4.78 is 63.3. The van der Waals surface area contributed by atoms with Gasteiger partial charge in [-0.25, -0.2) is 4.68 Å². The fraction of sp³-hybridized carbons (Fsp3) is 0.357. The van der Waals surface area contributed by atoms with E-state index in [2.05, 4.69) is 5.10 Å². The van der Waals surface area contributed by atoms with Gasteiger partial charge in [0.1, 0.15) is 5.69 Å². The Bertz CT molecular complexity index is 691. The van der Waals surface area contributed by atoms with E-state index in [0.717, 1.165) is 0 Å². The second-order valence-electron chi connectivity index (χ2n) is 4.47. The zero-order valence-corrected chi connectivity index (χ0v) is 13.5. The van der Waals surface area contributed by atoms with Gasteiger partial charge in [0.05, 0.1) is 18.9 Å². The van der Waals surface area contributed by atoms with Crippen molar-refractivity contribution in [2.45, 2.75) is 20.0 Å². The highest BCUT2D eigenvalue weighted by Crippen LogP contribution is 2.47. The van der Waals surface area contributed by atoms with E-state index in [1.54, 1.807) is 32.0 Å². The molecule has 0 saturated carbocycles. The summed E-state index contributed by atoms with van der Waals surface area (Å²) >= 11 is 0. The number of hydrogen-bond acceptors (Lipinski definition) is 4. The molecular formula is C14H16F3N2O3P. The number of aromatic nitrogens is 2. The first-order valence-corrected chi connectivity index (χ1v) is 8.48. The molecule has 1 aromatic heterocycles. The van der Waals surface area contributed by atoms with Gasteiger partial charge in [-0.05, 0) is 26.0 Å². The zero-order valence-electron chi connectivity index (χ0n) is 12.6. The van der Waals surface area contributed by atoms with Gasteiger partial charge in [0.25, 0.3) is 0 Å². The number of halogens is 3. The van der Waals surface area contributed by atoms with E-state index in [-0.39, 0.29) is 24.3 Å². The van der Waals surface area contributed by atoms with Crippen LogP contribution in [0.15, 0.2) is 36.4 Å². The Kier molecular flexibility index (Phi) is 5.29. The first-order valence-electron chi connectivity index (χ1n) is 6.94. The second-order valence-corrected chi connectivity index (χ2v) is 6.44. The van der Waals surface area contributed by atoms with Gasteiger partial charge in [-0.1, -0.05) is 18.2 Å². The maximum Gasteiger partial charge on any atom is 0.433 e. The Balaban J connectivity index is 2.60. The molecule has 126 valence electrons. The maximum absolute atomic E-state index is 13.3. The standard InChI is InChI=1S/C14H16F3N2O3P/c1-3-21-23(20,22-4-2)13-10-12(14(15,16)17)19(18-13)11-8-6-5-7-9-11/h5-10H,3-4H2,1-2H3. The van der Waals surface area contributed by atoms with Crippen LogP contribution in [-0.2, 0) is 19.8 Å². The lowest BCUT2D eigenvalue weighted by Gasteiger charge is -2.14. The molecule has 0 unspecified atom stereocenters. The SMILES string of the molecule is CCOP(=O)(OCC)c1cc(C(F)(F)F)n(-c2ccccc2)n1. The van der Waals surface area contributed by atoms with E-state index in [1.807, 2.05) is 0 Å². The van der Waals surface area contributed by atoms with Crippen LogP contribution in [0.4, 0.5) is 13.2 Å². The summed E-state index contributed by atoms with van der Waals surface area (Å²) in [5.41, 5.74) is -1.21. The van der Waals surface area contributed by atoms with Crippen molar-refractivity contribution in [1.82, 2.24) is 9.78 Å². The Hall–Kier alpha value is -1.63. The molecule has 1 heterocycles. The van der Waals surface area contributed by atoms with Crippen molar-refractivity contribution in [3.05, 3.63) is 42.1 Å². The molecule has 0 aliphatic heterocycles. The number of hydrogen-bond donors (Lipinski definition) is 0. The first kappa shape index (κ1) is 17.7. The minimum atomic E-state index is -4.66. The lowest BCUT2D eigenvalue weighted by Crippen LogP contribution is -2.14. The molecule has 9 heteroatoms. The minimum absolute atomic E-state index is 0.0246. The van der Waals surface area contributed by atoms with Gasteiger partial charge < -0.3 is 9.05 Å². The van der Waals surface area contributed by atoms with Crippen molar-refractivity contribution in [3.63, 3.8) is 0 Å². The van der Waals surface area contributed by atoms with Crippen LogP contribution in [0.2, 0.25) is 0 Å². The second kappa shape index (κ2) is 6.86. The normalized spacial score (nSPS) is 12.6. The Morgan fingerprint density at radius 1 is 1.13 bits per heavy atom. The molecule has 0 fully saturated rings. The number of nitrogens with zero attached hydrogens (tertiary/aromatic N) is 2. The fourth-order valence-electron chi connectivity index (χ4n) is 1.98. The van der Waals surface area contributed by atoms with Crippen molar-refractivity contribution in [1.29, 1.82) is 0 Å². The summed E-state index contributed by atoms with van der Waals surface area (Å²) in [5, 5.41) is 3.84. The minimum Gasteiger partial charge on any atom is -0.304 e. The van der Waals surface area contributed by atoms with Crippen LogP contribution in [0, 0.1) is 0 Å². The van der Waals surface area contributed by atoms with E-state index in [1.165, 1.54) is 12.1 Å². The number of para-hydroxylation sites is 1. The summed E-state index contributed by atoms with van der Waals surface area (Å²) in [5.74, 6) is 0. The molecular weight excluding hydrogens is 332 g/mol. The summed E-state index contributed by atoms with van der Waals surface area (Å²) in [7, 11) is -3.90. The molecule has 23 heavy (non-hydrogen) atoms. The van der Waals surface area contributed by atoms with E-state index in [0.29, 0.717) is 10.7 Å². The smallest absolute Gasteiger partial charge is 0.304 e. The van der Waals surface area contributed by atoms with Crippen molar-refractivity contribution < 1.29 is 26.8 Å². The number of alkyl halides is 3. The molecule has 0 amide bonds. The van der Waals surface area contributed by atoms with E-state index >= 15 is 0 Å². The van der Waals surface area contributed by atoms with Crippen LogP contribution in [0.25, 0.3) is 5.69 Å². The Morgan fingerprint density at radius 2 is 1.70 bits per heavy atom. The van der Waals surface area contributed by atoms with Gasteiger partial charge in [-0.2, -0.15) is 18.3 Å². The molecule has 0 bridgehead atoms. The zero-order chi connectivity index (χ0) is 17.1. The van der Waals surface area contributed by atoms with Crippen molar-refractivity contribution in [3.8, 4) is 5.69 Å². The first-order chi connectivity index (χ1) is 10.8. The summed E-state index contributed by atoms with van der Waals surface area (Å²) in [6.45, 7) is 3.20. The van der Waals surface area contributed by atoms with Gasteiger partial charge in [0.2, 0.25) is 0 Å². The Labute approximate surface area is 131 Å². The van der Waals surface area contributed by atoms with E-state index < -0.39 is 19.5 Å². The highest BCUT2D eigenvalue weighted by atomic mass is 31.2. The van der Waals surface area contributed by atoms with Gasteiger partial charge in [0, 0.05) is 6.07 Å². The third kappa shape index (κ3) is 3.83. The van der Waals surface area contributed by atoms with Crippen LogP contribution >= 0.6 is 7.60 Å². The van der Waals surface area contributed by atoms with Gasteiger partial charge in [-0.15, -0.1) is 0 Å². The van der Waals surface area contributed by atoms with Gasteiger partial charge >= 0.3 is 13.8 Å². The topological polar surface area (TPSA) is 53.4 Å². The van der Waals surface area contributed by atoms with E-state index in [9.17, 15) is 17.7 Å². The lowest BCUT2D eigenvalue weighted by atomic mass is 10.3. The predicted molar refractivity (Wildman–Crippen MR) is 79.1 cm³/mol. The van der Waals surface area contributed by atoms with Crippen molar-refractivity contribution >= 4 is 13.0 Å². The summed E-state index contributed by atoms with van der Waals surface area (Å²) in [4.78, 5) is 0. The average molecular weight is 348 g/mol. The third-order valence-electron chi connectivity index (χ3n) is 2.87. The van der Waals surface area contributed by atoms with Crippen LogP contribution in [0.5, 0.6) is 0 Å². The molecule has 0 aliphatic rings. The van der Waals surface area contributed by atoms with Crippen LogP contribution in [0.3, 0.4) is 0 Å². The predicted octanol–water partition coefficient (Wildman–Crippen LogP) is 3.78. The highest BCUT2D eigenvalue weighted by Gasteiger charge is 2.40. The third-order valence-corrected chi connectivity index (χ3v) is 4.84. The molecule has 0 radical (unpaired) electrons. The Morgan fingerprint density at radius 3 is 2.17 bits per heavy atom. The molecule has 0 saturated heterocycles. The highest BCUT2D eigenvalue weighted by molar-refractivity contribution is 7.61. The molecule has 0 N–H and O–H groups in total. The van der Waals surface area contributed by atoms with E-state index in [4.69, 9.17) is 9.05 Å². The van der Waals surface area contributed by atoms with Crippen molar-refractivity contribution in [2.75, 3.05) is 13.2 Å². The quantitative estimate of drug-likeness (QED) is 0.746. The lowest BCUT2D eigenvalue weighted by molar-refractivity contribution is -0.142. The van der Waals surface area contributed by atoms with Crippen molar-refractivity contribution in [2.24, 2.45) is 0 Å². The molecule has 0 spiro atoms. The van der Waals surface area contributed by atoms with Gasteiger partial charge in [0.15, 0.2) is 5.44 Å². The fourth-order valence-corrected chi connectivity index (χ4v) is 3.48. The molecule has 2 rings (SSSR count). The largest absolute Gasteiger partial charge is 0.433 e. The molecule has 2 aromatic rings. The number of rotatable bonds is 6. The molecule has 5 nitrogen and oxygen atoms in total. The van der Waals surface area contributed by atoms with Crippen LogP contribution in [-0.4, -0.2) is 23.0 Å². The van der Waals surface area contributed by atoms with Crippen LogP contribution < -0.4 is 5.44 Å². The summed E-state index contributed by atoms with van der Waals surface area (Å²) in [6, 6.07) is 8.49. The summed E-state index contributed by atoms with van der Waals surface area (Å²) in [6.07, 6.45) is -4.66. The molecule has 0 atom stereocenters. The maximum atomic E-state index is 13.3. The van der Waals surface area contributed by atoms with Crippen LogP contribution in [0.1, 0.15) is 19.5 Å². The average Bonchev–Trinajstić information content (AvgIpc) is 2.95. The monoisotopic (exact) mass is 348 g/mol. The van der Waals surface area contributed by atoms with Gasteiger partial charge in [-0.3, -0.25) is 4.57 Å². The number of benzene rings is 1. The molecule has 1 aromatic carbocycles.